The van der Waals surface area contributed by atoms with Crippen LogP contribution in [0.4, 0.5) is 5.69 Å². The monoisotopic (exact) mass is 272 g/mol. The molecule has 1 rings (SSSR count). The predicted molar refractivity (Wildman–Crippen MR) is 71.3 cm³/mol. The Kier molecular flexibility index (Phi) is 5.88. The van der Waals surface area contributed by atoms with Crippen LogP contribution in [-0.4, -0.2) is 24.6 Å². The fourth-order valence-electron chi connectivity index (χ4n) is 1.40. The SMILES string of the molecule is CCNCC(C)COc1ccc([N+](=O)[O-])cc1Cl. The predicted octanol–water partition coefficient (Wildman–Crippen LogP) is 2.87. The van der Waals surface area contributed by atoms with Crippen LogP contribution >= 0.6 is 11.6 Å². The van der Waals surface area contributed by atoms with E-state index < -0.39 is 4.92 Å². The Labute approximate surface area is 111 Å². The smallest absolute Gasteiger partial charge is 0.271 e. The van der Waals surface area contributed by atoms with E-state index in [-0.39, 0.29) is 10.7 Å². The first-order chi connectivity index (χ1) is 8.54. The van der Waals surface area contributed by atoms with Gasteiger partial charge in [-0.3, -0.25) is 10.1 Å². The summed E-state index contributed by atoms with van der Waals surface area (Å²) in [6.07, 6.45) is 0. The highest BCUT2D eigenvalue weighted by Gasteiger charge is 2.11. The third-order valence-corrected chi connectivity index (χ3v) is 2.69. The summed E-state index contributed by atoms with van der Waals surface area (Å²) in [5.74, 6) is 0.821. The molecule has 0 saturated carbocycles. The highest BCUT2D eigenvalue weighted by molar-refractivity contribution is 6.32. The number of nitro benzene ring substituents is 1. The molecule has 1 atom stereocenters. The minimum absolute atomic E-state index is 0.0342. The van der Waals surface area contributed by atoms with Crippen molar-refractivity contribution in [3.05, 3.63) is 33.3 Å². The Morgan fingerprint density at radius 2 is 2.28 bits per heavy atom. The van der Waals surface area contributed by atoms with Gasteiger partial charge in [0.05, 0.1) is 16.6 Å². The van der Waals surface area contributed by atoms with Crippen LogP contribution < -0.4 is 10.1 Å². The Bertz CT molecular complexity index is 412. The zero-order chi connectivity index (χ0) is 13.5. The van der Waals surface area contributed by atoms with Gasteiger partial charge in [0.15, 0.2) is 0 Å². The van der Waals surface area contributed by atoms with Crippen molar-refractivity contribution in [2.75, 3.05) is 19.7 Å². The Morgan fingerprint density at radius 3 is 2.83 bits per heavy atom. The number of hydrogen-bond donors (Lipinski definition) is 1. The van der Waals surface area contributed by atoms with E-state index in [1.807, 2.05) is 6.92 Å². The number of hydrogen-bond acceptors (Lipinski definition) is 4. The van der Waals surface area contributed by atoms with E-state index in [4.69, 9.17) is 16.3 Å². The van der Waals surface area contributed by atoms with Crippen molar-refractivity contribution in [2.45, 2.75) is 13.8 Å². The molecule has 0 fully saturated rings. The first-order valence-electron chi connectivity index (χ1n) is 5.82. The quantitative estimate of drug-likeness (QED) is 0.612. The molecule has 1 N–H and O–H groups in total. The van der Waals surface area contributed by atoms with Crippen molar-refractivity contribution in [1.82, 2.24) is 5.32 Å². The summed E-state index contributed by atoms with van der Waals surface area (Å²) in [6, 6.07) is 4.21. The van der Waals surface area contributed by atoms with Gasteiger partial charge in [-0.15, -0.1) is 0 Å². The summed E-state index contributed by atoms with van der Waals surface area (Å²) in [5.41, 5.74) is -0.0342. The Morgan fingerprint density at radius 1 is 1.56 bits per heavy atom. The van der Waals surface area contributed by atoms with Gasteiger partial charge in [0, 0.05) is 24.6 Å². The molecule has 0 saturated heterocycles. The zero-order valence-electron chi connectivity index (χ0n) is 10.5. The lowest BCUT2D eigenvalue weighted by Gasteiger charge is -2.14. The summed E-state index contributed by atoms with van der Waals surface area (Å²) in [4.78, 5) is 10.1. The van der Waals surface area contributed by atoms with Crippen LogP contribution in [-0.2, 0) is 0 Å². The second-order valence-corrected chi connectivity index (χ2v) is 4.50. The van der Waals surface area contributed by atoms with E-state index in [2.05, 4.69) is 12.2 Å². The van der Waals surface area contributed by atoms with Crippen LogP contribution in [0.15, 0.2) is 18.2 Å². The maximum atomic E-state index is 10.5. The molecule has 0 aliphatic rings. The van der Waals surface area contributed by atoms with Gasteiger partial charge in [0.25, 0.3) is 5.69 Å². The van der Waals surface area contributed by atoms with Crippen molar-refractivity contribution in [1.29, 1.82) is 0 Å². The lowest BCUT2D eigenvalue weighted by molar-refractivity contribution is -0.384. The van der Waals surface area contributed by atoms with Crippen LogP contribution in [0.3, 0.4) is 0 Å². The molecule has 0 spiro atoms. The zero-order valence-corrected chi connectivity index (χ0v) is 11.2. The highest BCUT2D eigenvalue weighted by atomic mass is 35.5. The molecule has 18 heavy (non-hydrogen) atoms. The molecule has 1 aromatic rings. The number of halogens is 1. The van der Waals surface area contributed by atoms with Crippen LogP contribution in [0.5, 0.6) is 5.75 Å². The van der Waals surface area contributed by atoms with Crippen molar-refractivity contribution < 1.29 is 9.66 Å². The maximum Gasteiger partial charge on any atom is 0.271 e. The molecular weight excluding hydrogens is 256 g/mol. The first kappa shape index (κ1) is 14.7. The van der Waals surface area contributed by atoms with E-state index in [9.17, 15) is 10.1 Å². The number of nitro groups is 1. The van der Waals surface area contributed by atoms with Crippen LogP contribution in [0, 0.1) is 16.0 Å². The fraction of sp³-hybridized carbons (Fsp3) is 0.500. The van der Waals surface area contributed by atoms with Crippen molar-refractivity contribution in [3.8, 4) is 5.75 Å². The standard InChI is InChI=1S/C12H17ClN2O3/c1-3-14-7-9(2)8-18-12-5-4-10(15(16)17)6-11(12)13/h4-6,9,14H,3,7-8H2,1-2H3. The Balaban J connectivity index is 2.55. The van der Waals surface area contributed by atoms with Crippen molar-refractivity contribution in [3.63, 3.8) is 0 Å². The minimum Gasteiger partial charge on any atom is -0.492 e. The highest BCUT2D eigenvalue weighted by Crippen LogP contribution is 2.28. The van der Waals surface area contributed by atoms with Gasteiger partial charge < -0.3 is 10.1 Å². The van der Waals surface area contributed by atoms with Crippen LogP contribution in [0.1, 0.15) is 13.8 Å². The van der Waals surface area contributed by atoms with Gasteiger partial charge in [-0.2, -0.15) is 0 Å². The molecule has 0 bridgehead atoms. The van der Waals surface area contributed by atoms with E-state index >= 15 is 0 Å². The molecule has 0 heterocycles. The van der Waals surface area contributed by atoms with Gasteiger partial charge in [-0.05, 0) is 12.6 Å². The fourth-order valence-corrected chi connectivity index (χ4v) is 1.63. The molecule has 100 valence electrons. The molecular formula is C12H17ClN2O3. The summed E-state index contributed by atoms with van der Waals surface area (Å²) >= 11 is 5.92. The van der Waals surface area contributed by atoms with Crippen molar-refractivity contribution in [2.24, 2.45) is 5.92 Å². The summed E-state index contributed by atoms with van der Waals surface area (Å²) in [6.45, 7) is 6.40. The first-order valence-corrected chi connectivity index (χ1v) is 6.19. The molecule has 1 aromatic carbocycles. The molecule has 0 amide bonds. The van der Waals surface area contributed by atoms with Gasteiger partial charge in [0.1, 0.15) is 5.75 Å². The summed E-state index contributed by atoms with van der Waals surface area (Å²) < 4.78 is 5.54. The van der Waals surface area contributed by atoms with Gasteiger partial charge in [-0.25, -0.2) is 0 Å². The molecule has 0 aliphatic carbocycles. The number of benzene rings is 1. The second-order valence-electron chi connectivity index (χ2n) is 4.10. The second kappa shape index (κ2) is 7.18. The van der Waals surface area contributed by atoms with Crippen molar-refractivity contribution >= 4 is 17.3 Å². The average molecular weight is 273 g/mol. The number of rotatable bonds is 7. The molecule has 0 aliphatic heterocycles. The van der Waals surface area contributed by atoms with E-state index in [1.165, 1.54) is 18.2 Å². The summed E-state index contributed by atoms with van der Waals surface area (Å²) in [5, 5.41) is 14.0. The number of non-ortho nitro benzene ring substituents is 1. The summed E-state index contributed by atoms with van der Waals surface area (Å²) in [7, 11) is 0. The Hall–Kier alpha value is -1.33. The lowest BCUT2D eigenvalue weighted by Crippen LogP contribution is -2.24. The topological polar surface area (TPSA) is 64.4 Å². The van der Waals surface area contributed by atoms with E-state index in [0.717, 1.165) is 13.1 Å². The number of nitrogens with one attached hydrogen (secondary N) is 1. The van der Waals surface area contributed by atoms with Gasteiger partial charge >= 0.3 is 0 Å². The number of nitrogens with zero attached hydrogens (tertiary/aromatic N) is 1. The molecule has 0 aromatic heterocycles. The molecule has 6 heteroatoms. The van der Waals surface area contributed by atoms with E-state index in [1.54, 1.807) is 0 Å². The van der Waals surface area contributed by atoms with Gasteiger partial charge in [-0.1, -0.05) is 25.4 Å². The normalized spacial score (nSPS) is 12.2. The van der Waals surface area contributed by atoms with Crippen LogP contribution in [0.2, 0.25) is 5.02 Å². The maximum absolute atomic E-state index is 10.5. The van der Waals surface area contributed by atoms with E-state index in [0.29, 0.717) is 18.3 Å². The lowest BCUT2D eigenvalue weighted by atomic mass is 10.2. The van der Waals surface area contributed by atoms with Gasteiger partial charge in [0.2, 0.25) is 0 Å². The molecule has 0 radical (unpaired) electrons. The van der Waals surface area contributed by atoms with Crippen LogP contribution in [0.25, 0.3) is 0 Å². The average Bonchev–Trinajstić information content (AvgIpc) is 2.34. The minimum atomic E-state index is -0.483. The third kappa shape index (κ3) is 4.50. The largest absolute Gasteiger partial charge is 0.492 e. The molecule has 1 unspecified atom stereocenters. The number of ether oxygens (including phenoxy) is 1. The third-order valence-electron chi connectivity index (χ3n) is 2.39. The molecule has 5 nitrogen and oxygen atoms in total.